The topological polar surface area (TPSA) is 114 Å². The molecule has 1 saturated carbocycles. The summed E-state index contributed by atoms with van der Waals surface area (Å²) in [4.78, 5) is 42.1. The second-order valence-electron chi connectivity index (χ2n) is 9.18. The van der Waals surface area contributed by atoms with Gasteiger partial charge in [-0.2, -0.15) is 0 Å². The maximum absolute atomic E-state index is 12.8. The molecular weight excluding hydrogens is 436 g/mol. The Bertz CT molecular complexity index is 1040. The first-order valence-corrected chi connectivity index (χ1v) is 11.7. The average Bonchev–Trinajstić information content (AvgIpc) is 3.60. The van der Waals surface area contributed by atoms with Crippen molar-refractivity contribution >= 4 is 18.0 Å². The molecule has 8 heteroatoms. The Labute approximate surface area is 198 Å². The number of carboxylic acids is 1. The highest BCUT2D eigenvalue weighted by Crippen LogP contribution is 2.44. The summed E-state index contributed by atoms with van der Waals surface area (Å²) in [6.45, 7) is 3.59. The van der Waals surface area contributed by atoms with Gasteiger partial charge in [-0.05, 0) is 54.4 Å². The summed E-state index contributed by atoms with van der Waals surface area (Å²) in [5.74, 6) is -1.94. The van der Waals surface area contributed by atoms with E-state index in [0.29, 0.717) is 12.8 Å². The molecule has 2 aromatic carbocycles. The van der Waals surface area contributed by atoms with Crippen molar-refractivity contribution in [3.63, 3.8) is 0 Å². The van der Waals surface area contributed by atoms with Crippen LogP contribution in [0.4, 0.5) is 4.79 Å². The molecule has 2 atom stereocenters. The largest absolute Gasteiger partial charge is 0.479 e. The molecule has 0 saturated heterocycles. The van der Waals surface area contributed by atoms with Crippen LogP contribution in [0.25, 0.3) is 11.1 Å². The van der Waals surface area contributed by atoms with Gasteiger partial charge in [0.15, 0.2) is 6.10 Å². The van der Waals surface area contributed by atoms with Crippen molar-refractivity contribution in [1.82, 2.24) is 10.8 Å². The maximum Gasteiger partial charge on any atom is 0.408 e. The number of amides is 2. The van der Waals surface area contributed by atoms with Crippen LogP contribution in [0.15, 0.2) is 48.5 Å². The first-order chi connectivity index (χ1) is 16.3. The number of ether oxygens (including phenoxy) is 1. The Kier molecular flexibility index (Phi) is 6.88. The lowest BCUT2D eigenvalue weighted by Crippen LogP contribution is -2.57. The highest BCUT2D eigenvalue weighted by atomic mass is 16.7. The summed E-state index contributed by atoms with van der Waals surface area (Å²) in [5, 5.41) is 12.0. The van der Waals surface area contributed by atoms with E-state index in [1.807, 2.05) is 43.3 Å². The van der Waals surface area contributed by atoms with Crippen LogP contribution in [-0.4, -0.2) is 41.3 Å². The van der Waals surface area contributed by atoms with Gasteiger partial charge in [-0.3, -0.25) is 9.63 Å². The predicted octanol–water partition coefficient (Wildman–Crippen LogP) is 3.99. The van der Waals surface area contributed by atoms with Crippen LogP contribution in [0, 0.1) is 5.92 Å². The molecule has 1 fully saturated rings. The third-order valence-corrected chi connectivity index (χ3v) is 6.54. The molecule has 0 radical (unpaired) electrons. The number of hydrogen-bond donors (Lipinski definition) is 3. The molecule has 2 aromatic rings. The van der Waals surface area contributed by atoms with E-state index in [1.54, 1.807) is 6.92 Å². The van der Waals surface area contributed by atoms with Crippen LogP contribution in [0.1, 0.15) is 56.6 Å². The minimum absolute atomic E-state index is 0.0948. The van der Waals surface area contributed by atoms with Crippen LogP contribution >= 0.6 is 0 Å². The molecular formula is C26H30N2O6. The number of benzene rings is 2. The fraction of sp³-hybridized carbons (Fsp3) is 0.423. The Morgan fingerprint density at radius 1 is 1.06 bits per heavy atom. The molecule has 0 aliphatic heterocycles. The number of rotatable bonds is 10. The van der Waals surface area contributed by atoms with Gasteiger partial charge < -0.3 is 15.2 Å². The first kappa shape index (κ1) is 23.8. The zero-order valence-electron chi connectivity index (χ0n) is 19.4. The fourth-order valence-electron chi connectivity index (χ4n) is 4.57. The Morgan fingerprint density at radius 3 is 2.18 bits per heavy atom. The van der Waals surface area contributed by atoms with Crippen molar-refractivity contribution in [1.29, 1.82) is 0 Å². The molecule has 2 aliphatic rings. The number of hydrogen-bond acceptors (Lipinski definition) is 5. The molecule has 2 unspecified atom stereocenters. The number of fused-ring (bicyclic) bond motifs is 3. The molecule has 0 bridgehead atoms. The summed E-state index contributed by atoms with van der Waals surface area (Å²) in [7, 11) is 0. The van der Waals surface area contributed by atoms with E-state index in [-0.39, 0.29) is 18.4 Å². The number of carbonyl (C=O) groups excluding carboxylic acids is 2. The number of aliphatic carboxylic acids is 1. The Morgan fingerprint density at radius 2 is 1.65 bits per heavy atom. The van der Waals surface area contributed by atoms with Crippen LogP contribution in [0.3, 0.4) is 0 Å². The lowest BCUT2D eigenvalue weighted by molar-refractivity contribution is -0.164. The SMILES string of the molecule is CCCC(C)(NC(=O)OCC1c2ccccc2-c2ccccc21)C(=O)NOC(C(=O)O)C1CC1. The molecule has 8 nitrogen and oxygen atoms in total. The van der Waals surface area contributed by atoms with Crippen molar-refractivity contribution in [3.05, 3.63) is 59.7 Å². The molecule has 34 heavy (non-hydrogen) atoms. The number of carbonyl (C=O) groups is 3. The normalized spacial score (nSPS) is 17.1. The van der Waals surface area contributed by atoms with Gasteiger partial charge in [0.05, 0.1) is 0 Å². The minimum Gasteiger partial charge on any atom is -0.479 e. The fourth-order valence-corrected chi connectivity index (χ4v) is 4.57. The minimum atomic E-state index is -1.32. The lowest BCUT2D eigenvalue weighted by Gasteiger charge is -2.29. The Hall–Kier alpha value is -3.39. The van der Waals surface area contributed by atoms with E-state index in [4.69, 9.17) is 9.57 Å². The van der Waals surface area contributed by atoms with Crippen molar-refractivity contribution in [3.8, 4) is 11.1 Å². The second-order valence-corrected chi connectivity index (χ2v) is 9.18. The summed E-state index contributed by atoms with van der Waals surface area (Å²) < 4.78 is 5.58. The summed E-state index contributed by atoms with van der Waals surface area (Å²) >= 11 is 0. The monoisotopic (exact) mass is 466 g/mol. The summed E-state index contributed by atoms with van der Waals surface area (Å²) in [6.07, 6.45) is 0.620. The molecule has 0 aromatic heterocycles. The Balaban J connectivity index is 1.39. The second kappa shape index (κ2) is 9.85. The van der Waals surface area contributed by atoms with E-state index in [0.717, 1.165) is 35.1 Å². The number of hydroxylamine groups is 1. The first-order valence-electron chi connectivity index (χ1n) is 11.7. The zero-order chi connectivity index (χ0) is 24.3. The number of carboxylic acid groups (broad SMARTS) is 1. The van der Waals surface area contributed by atoms with Gasteiger partial charge in [0, 0.05) is 5.92 Å². The van der Waals surface area contributed by atoms with Gasteiger partial charge in [0.2, 0.25) is 0 Å². The lowest BCUT2D eigenvalue weighted by atomic mass is 9.95. The number of alkyl carbamates (subject to hydrolysis) is 1. The van der Waals surface area contributed by atoms with Gasteiger partial charge in [-0.15, -0.1) is 0 Å². The van der Waals surface area contributed by atoms with Crippen LogP contribution in [0.2, 0.25) is 0 Å². The number of nitrogens with one attached hydrogen (secondary N) is 2. The van der Waals surface area contributed by atoms with E-state index >= 15 is 0 Å². The maximum atomic E-state index is 12.8. The third kappa shape index (κ3) is 4.92. The van der Waals surface area contributed by atoms with Crippen molar-refractivity contribution in [2.45, 2.75) is 57.1 Å². The van der Waals surface area contributed by atoms with Gasteiger partial charge in [-0.1, -0.05) is 61.9 Å². The molecule has 0 heterocycles. The van der Waals surface area contributed by atoms with E-state index in [1.165, 1.54) is 0 Å². The van der Waals surface area contributed by atoms with Crippen molar-refractivity contribution < 1.29 is 29.1 Å². The zero-order valence-corrected chi connectivity index (χ0v) is 19.4. The van der Waals surface area contributed by atoms with Crippen molar-refractivity contribution in [2.24, 2.45) is 5.92 Å². The molecule has 180 valence electrons. The molecule has 3 N–H and O–H groups in total. The van der Waals surface area contributed by atoms with Crippen LogP contribution in [0.5, 0.6) is 0 Å². The van der Waals surface area contributed by atoms with Gasteiger partial charge in [0.25, 0.3) is 5.91 Å². The van der Waals surface area contributed by atoms with Gasteiger partial charge in [-0.25, -0.2) is 15.1 Å². The highest BCUT2D eigenvalue weighted by molar-refractivity contribution is 5.89. The summed E-state index contributed by atoms with van der Waals surface area (Å²) in [6, 6.07) is 16.1. The summed E-state index contributed by atoms with van der Waals surface area (Å²) in [5.41, 5.74) is 5.38. The standard InChI is InChI=1S/C26H30N2O6/c1-3-14-26(2,24(31)28-34-22(23(29)30)16-12-13-16)27-25(32)33-15-21-19-10-6-4-8-17(19)18-9-5-7-11-20(18)21/h4-11,16,21-22H,3,12-15H2,1-2H3,(H,27,32)(H,28,31)(H,29,30). The highest BCUT2D eigenvalue weighted by Gasteiger charge is 2.41. The average molecular weight is 467 g/mol. The smallest absolute Gasteiger partial charge is 0.408 e. The van der Waals surface area contributed by atoms with Crippen LogP contribution < -0.4 is 10.8 Å². The van der Waals surface area contributed by atoms with Gasteiger partial charge >= 0.3 is 12.1 Å². The van der Waals surface area contributed by atoms with E-state index < -0.39 is 29.6 Å². The van der Waals surface area contributed by atoms with E-state index in [2.05, 4.69) is 22.9 Å². The quantitative estimate of drug-likeness (QED) is 0.456. The molecule has 2 amide bonds. The van der Waals surface area contributed by atoms with Crippen molar-refractivity contribution in [2.75, 3.05) is 6.61 Å². The third-order valence-electron chi connectivity index (χ3n) is 6.54. The molecule has 2 aliphatic carbocycles. The van der Waals surface area contributed by atoms with E-state index in [9.17, 15) is 19.5 Å². The van der Waals surface area contributed by atoms with Gasteiger partial charge in [0.1, 0.15) is 12.1 Å². The molecule has 0 spiro atoms. The van der Waals surface area contributed by atoms with Crippen LogP contribution in [-0.2, 0) is 19.2 Å². The predicted molar refractivity (Wildman–Crippen MR) is 125 cm³/mol. The molecule has 4 rings (SSSR count).